The van der Waals surface area contributed by atoms with Crippen LogP contribution in [0.2, 0.25) is 0 Å². The summed E-state index contributed by atoms with van der Waals surface area (Å²) in [5.74, 6) is 1.74. The summed E-state index contributed by atoms with van der Waals surface area (Å²) in [6, 6.07) is 0. The Balaban J connectivity index is 1.49. The molecule has 0 aromatic rings. The molecule has 0 aromatic heterocycles. The summed E-state index contributed by atoms with van der Waals surface area (Å²) in [5, 5.41) is 0. The van der Waals surface area contributed by atoms with Crippen molar-refractivity contribution < 1.29 is 23.9 Å². The van der Waals surface area contributed by atoms with E-state index >= 15 is 0 Å². The Bertz CT molecular complexity index is 1000. The van der Waals surface area contributed by atoms with Gasteiger partial charge in [0.15, 0.2) is 11.9 Å². The second kappa shape index (κ2) is 9.06. The van der Waals surface area contributed by atoms with Crippen molar-refractivity contribution in [3.8, 4) is 0 Å². The van der Waals surface area contributed by atoms with Gasteiger partial charge in [0.05, 0.1) is 6.61 Å². The number of rotatable bonds is 3. The molecular weight excluding hydrogens is 476 g/mol. The second-order valence-corrected chi connectivity index (χ2v) is 15.9. The van der Waals surface area contributed by atoms with Gasteiger partial charge in [-0.3, -0.25) is 14.4 Å². The van der Waals surface area contributed by atoms with Crippen LogP contribution in [0.1, 0.15) is 120 Å². The summed E-state index contributed by atoms with van der Waals surface area (Å²) < 4.78 is 11.4. The van der Waals surface area contributed by atoms with Crippen LogP contribution in [0.15, 0.2) is 0 Å². The van der Waals surface area contributed by atoms with E-state index < -0.39 is 6.10 Å². The molecule has 0 bridgehead atoms. The van der Waals surface area contributed by atoms with Crippen LogP contribution in [0.25, 0.3) is 0 Å². The molecule has 5 aliphatic rings. The van der Waals surface area contributed by atoms with Crippen molar-refractivity contribution in [1.82, 2.24) is 0 Å². The van der Waals surface area contributed by atoms with Gasteiger partial charge in [-0.15, -0.1) is 0 Å². The van der Waals surface area contributed by atoms with E-state index in [4.69, 9.17) is 9.47 Å². The molecule has 38 heavy (non-hydrogen) atoms. The molecule has 5 aliphatic carbocycles. The third-order valence-electron chi connectivity index (χ3n) is 13.6. The van der Waals surface area contributed by atoms with Crippen molar-refractivity contribution in [1.29, 1.82) is 0 Å². The lowest BCUT2D eigenvalue weighted by atomic mass is 9.33. The van der Waals surface area contributed by atoms with E-state index in [-0.39, 0.29) is 45.3 Å². The number of esters is 2. The maximum absolute atomic E-state index is 13.3. The summed E-state index contributed by atoms with van der Waals surface area (Å²) in [6.45, 7) is 18.0. The highest BCUT2D eigenvalue weighted by molar-refractivity contribution is 5.88. The molecule has 0 N–H and O–H groups in total. The first-order chi connectivity index (χ1) is 17.6. The fourth-order valence-electron chi connectivity index (χ4n) is 11.3. The molecule has 10 unspecified atom stereocenters. The van der Waals surface area contributed by atoms with E-state index in [1.807, 2.05) is 0 Å². The minimum atomic E-state index is -0.594. The number of carbonyl (C=O) groups excluding carboxylic acids is 3. The number of fused-ring (bicyclic) bond motifs is 7. The fourth-order valence-corrected chi connectivity index (χ4v) is 11.3. The van der Waals surface area contributed by atoms with Gasteiger partial charge >= 0.3 is 11.9 Å². The highest BCUT2D eigenvalue weighted by Crippen LogP contribution is 2.74. The Morgan fingerprint density at radius 1 is 0.789 bits per heavy atom. The third kappa shape index (κ3) is 4.10. The van der Waals surface area contributed by atoms with Gasteiger partial charge in [-0.05, 0) is 110 Å². The van der Waals surface area contributed by atoms with E-state index in [0.29, 0.717) is 42.1 Å². The summed E-state index contributed by atoms with van der Waals surface area (Å²) in [6.07, 6.45) is 10.7. The average molecular weight is 529 g/mol. The molecule has 5 rings (SSSR count). The Kier molecular flexibility index (Phi) is 6.71. The SMILES string of the molecule is CC(=O)OCC12CCC(C)(C)CC1C1CCC3(C)C4CC(OC(C)=O)C(=O)C(C)C4(C)CCC3C1(C)CC2. The Morgan fingerprint density at radius 3 is 2.11 bits per heavy atom. The zero-order valence-electron chi connectivity index (χ0n) is 25.3. The van der Waals surface area contributed by atoms with Gasteiger partial charge in [0.1, 0.15) is 0 Å². The quantitative estimate of drug-likeness (QED) is 0.364. The lowest BCUT2D eigenvalue weighted by Gasteiger charge is -2.71. The average Bonchev–Trinajstić information content (AvgIpc) is 2.82. The van der Waals surface area contributed by atoms with Crippen LogP contribution in [0.5, 0.6) is 0 Å². The molecule has 0 radical (unpaired) electrons. The molecule has 5 saturated carbocycles. The molecular formula is C33H52O5. The highest BCUT2D eigenvalue weighted by atomic mass is 16.5. The summed E-state index contributed by atoms with van der Waals surface area (Å²) in [5.41, 5.74) is 0.779. The first kappa shape index (κ1) is 28.1. The summed E-state index contributed by atoms with van der Waals surface area (Å²) in [7, 11) is 0. The lowest BCUT2D eigenvalue weighted by Crippen LogP contribution is -2.66. The number of hydrogen-bond donors (Lipinski definition) is 0. The van der Waals surface area contributed by atoms with E-state index in [2.05, 4.69) is 41.5 Å². The van der Waals surface area contributed by atoms with E-state index in [1.54, 1.807) is 6.92 Å². The van der Waals surface area contributed by atoms with Gasteiger partial charge in [-0.2, -0.15) is 0 Å². The predicted molar refractivity (Wildman–Crippen MR) is 147 cm³/mol. The fraction of sp³-hybridized carbons (Fsp3) is 0.909. The van der Waals surface area contributed by atoms with Crippen LogP contribution in [-0.4, -0.2) is 30.4 Å². The van der Waals surface area contributed by atoms with Crippen LogP contribution in [-0.2, 0) is 23.9 Å². The van der Waals surface area contributed by atoms with E-state index in [0.717, 1.165) is 19.3 Å². The van der Waals surface area contributed by atoms with Crippen LogP contribution >= 0.6 is 0 Å². The minimum Gasteiger partial charge on any atom is -0.465 e. The van der Waals surface area contributed by atoms with E-state index in [1.165, 1.54) is 45.4 Å². The molecule has 0 saturated heterocycles. The largest absolute Gasteiger partial charge is 0.465 e. The van der Waals surface area contributed by atoms with E-state index in [9.17, 15) is 14.4 Å². The number of hydrogen-bond acceptors (Lipinski definition) is 5. The van der Waals surface area contributed by atoms with Gasteiger partial charge in [-0.1, -0.05) is 41.5 Å². The normalized spacial score (nSPS) is 49.5. The zero-order chi connectivity index (χ0) is 27.9. The minimum absolute atomic E-state index is 0.0389. The first-order valence-electron chi connectivity index (χ1n) is 15.4. The highest BCUT2D eigenvalue weighted by Gasteiger charge is 2.68. The Hall–Kier alpha value is -1.39. The molecule has 10 atom stereocenters. The molecule has 214 valence electrons. The number of Topliss-reactive ketones (excluding diaryl/α,β-unsaturated/α-hetero) is 1. The van der Waals surface area contributed by atoms with Crippen molar-refractivity contribution in [3.63, 3.8) is 0 Å². The van der Waals surface area contributed by atoms with Crippen LogP contribution in [0, 0.1) is 56.7 Å². The second-order valence-electron chi connectivity index (χ2n) is 15.9. The van der Waals surface area contributed by atoms with Crippen molar-refractivity contribution in [2.75, 3.05) is 6.61 Å². The molecule has 5 fully saturated rings. The lowest BCUT2D eigenvalue weighted by molar-refractivity contribution is -0.233. The summed E-state index contributed by atoms with van der Waals surface area (Å²) >= 11 is 0. The van der Waals surface area contributed by atoms with Gasteiger partial charge in [-0.25, -0.2) is 0 Å². The van der Waals surface area contributed by atoms with Crippen LogP contribution < -0.4 is 0 Å². The van der Waals surface area contributed by atoms with Gasteiger partial charge in [0.2, 0.25) is 0 Å². The molecule has 0 heterocycles. The number of ketones is 1. The maximum Gasteiger partial charge on any atom is 0.303 e. The molecule has 0 aliphatic heterocycles. The third-order valence-corrected chi connectivity index (χ3v) is 13.6. The topological polar surface area (TPSA) is 69.7 Å². The smallest absolute Gasteiger partial charge is 0.303 e. The monoisotopic (exact) mass is 528 g/mol. The number of carbonyl (C=O) groups is 3. The standard InChI is InChI=1S/C33H52O5/c1-20-28(36)25(38-22(3)35)17-27-30(20,6)12-10-26-31(7)14-16-33(19-37-21(2)34)15-13-29(4,5)18-24(33)23(31)9-11-32(26,27)8/h20,23-27H,9-19H2,1-8H3. The Labute approximate surface area is 230 Å². The number of ether oxygens (including phenoxy) is 2. The molecule has 0 aromatic carbocycles. The van der Waals surface area contributed by atoms with Gasteiger partial charge in [0, 0.05) is 25.2 Å². The molecule has 0 amide bonds. The van der Waals surface area contributed by atoms with Gasteiger partial charge < -0.3 is 9.47 Å². The van der Waals surface area contributed by atoms with Crippen molar-refractivity contribution in [2.45, 2.75) is 126 Å². The zero-order valence-corrected chi connectivity index (χ0v) is 25.3. The Morgan fingerprint density at radius 2 is 1.45 bits per heavy atom. The van der Waals surface area contributed by atoms with Crippen molar-refractivity contribution >= 4 is 17.7 Å². The van der Waals surface area contributed by atoms with Crippen LogP contribution in [0.4, 0.5) is 0 Å². The maximum atomic E-state index is 13.3. The first-order valence-corrected chi connectivity index (χ1v) is 15.4. The molecule has 5 heteroatoms. The van der Waals surface area contributed by atoms with Crippen LogP contribution in [0.3, 0.4) is 0 Å². The van der Waals surface area contributed by atoms with Gasteiger partial charge in [0.25, 0.3) is 0 Å². The van der Waals surface area contributed by atoms with Crippen molar-refractivity contribution in [3.05, 3.63) is 0 Å². The predicted octanol–water partition coefficient (Wildman–Crippen LogP) is 7.15. The molecule has 0 spiro atoms. The molecule has 5 nitrogen and oxygen atoms in total. The summed E-state index contributed by atoms with van der Waals surface area (Å²) in [4.78, 5) is 37.1. The van der Waals surface area contributed by atoms with Crippen molar-refractivity contribution in [2.24, 2.45) is 56.7 Å².